The summed E-state index contributed by atoms with van der Waals surface area (Å²) in [5.74, 6) is 0.237. The number of anilines is 1. The quantitative estimate of drug-likeness (QED) is 0.592. The summed E-state index contributed by atoms with van der Waals surface area (Å²) in [5.41, 5.74) is 2.64. The monoisotopic (exact) mass is 404 g/mol. The van der Waals surface area contributed by atoms with E-state index in [1.165, 1.54) is 16.4 Å². The van der Waals surface area contributed by atoms with Crippen molar-refractivity contribution in [1.82, 2.24) is 10.2 Å². The van der Waals surface area contributed by atoms with Gasteiger partial charge in [-0.25, -0.2) is 12.8 Å². The molecule has 1 aliphatic rings. The number of rotatable bonds is 6. The van der Waals surface area contributed by atoms with Crippen molar-refractivity contribution in [2.45, 2.75) is 13.0 Å². The van der Waals surface area contributed by atoms with Gasteiger partial charge in [0.15, 0.2) is 5.96 Å². The topological polar surface area (TPSA) is 65.0 Å². The molecule has 0 atom stereocenters. The van der Waals surface area contributed by atoms with Crippen molar-refractivity contribution in [2.24, 2.45) is 4.99 Å². The summed E-state index contributed by atoms with van der Waals surface area (Å²) >= 11 is 0. The lowest BCUT2D eigenvalue weighted by molar-refractivity contribution is 0.476. The number of hydrogen-bond donors (Lipinski definition) is 1. The fourth-order valence-electron chi connectivity index (χ4n) is 3.37. The molecule has 0 aliphatic carbocycles. The molecule has 0 saturated carbocycles. The molecule has 0 amide bonds. The number of halogens is 1. The van der Waals surface area contributed by atoms with Crippen molar-refractivity contribution < 1.29 is 12.8 Å². The van der Waals surface area contributed by atoms with Crippen LogP contribution in [0.5, 0.6) is 0 Å². The van der Waals surface area contributed by atoms with Gasteiger partial charge in [0.25, 0.3) is 0 Å². The van der Waals surface area contributed by atoms with Gasteiger partial charge in [-0.15, -0.1) is 0 Å². The standard InChI is InChI=1S/C20H25FN4O2S/c1-22-20(24(2)15-16-6-5-8-18(21)14-16)23-11-13-28(26,27)25-12-10-17-7-3-4-9-19(17)25/h3-9,14H,10-13,15H2,1-2H3,(H,22,23). The van der Waals surface area contributed by atoms with Crippen molar-refractivity contribution in [3.8, 4) is 0 Å². The Morgan fingerprint density at radius 1 is 1.25 bits per heavy atom. The number of nitrogens with one attached hydrogen (secondary N) is 1. The van der Waals surface area contributed by atoms with Gasteiger partial charge in [-0.2, -0.15) is 0 Å². The second-order valence-electron chi connectivity index (χ2n) is 6.73. The Balaban J connectivity index is 1.57. The summed E-state index contributed by atoms with van der Waals surface area (Å²) in [6.07, 6.45) is 0.737. The number of sulfonamides is 1. The van der Waals surface area contributed by atoms with Crippen LogP contribution in [0.2, 0.25) is 0 Å². The third-order valence-corrected chi connectivity index (χ3v) is 6.48. The molecule has 6 nitrogen and oxygen atoms in total. The molecular formula is C20H25FN4O2S. The summed E-state index contributed by atoms with van der Waals surface area (Å²) in [6.45, 7) is 1.18. The minimum Gasteiger partial charge on any atom is -0.355 e. The molecule has 2 aromatic rings. The highest BCUT2D eigenvalue weighted by Gasteiger charge is 2.28. The van der Waals surface area contributed by atoms with Crippen molar-refractivity contribution >= 4 is 21.7 Å². The maximum atomic E-state index is 13.4. The van der Waals surface area contributed by atoms with Crippen LogP contribution in [0.1, 0.15) is 11.1 Å². The normalized spacial score (nSPS) is 14.1. The Bertz CT molecular complexity index is 962. The predicted octanol–water partition coefficient (Wildman–Crippen LogP) is 2.23. The predicted molar refractivity (Wildman–Crippen MR) is 111 cm³/mol. The Hall–Kier alpha value is -2.61. The highest BCUT2D eigenvalue weighted by molar-refractivity contribution is 7.92. The van der Waals surface area contributed by atoms with Gasteiger partial charge in [-0.05, 0) is 35.7 Å². The largest absolute Gasteiger partial charge is 0.355 e. The molecule has 1 N–H and O–H groups in total. The van der Waals surface area contributed by atoms with Crippen molar-refractivity contribution in [2.75, 3.05) is 37.2 Å². The maximum Gasteiger partial charge on any atom is 0.236 e. The van der Waals surface area contributed by atoms with Crippen molar-refractivity contribution in [1.29, 1.82) is 0 Å². The first kappa shape index (κ1) is 20.1. The molecule has 0 fully saturated rings. The SMILES string of the molecule is CN=C(NCCS(=O)(=O)N1CCc2ccccc21)N(C)Cc1cccc(F)c1. The molecular weight excluding hydrogens is 379 g/mol. The van der Waals surface area contributed by atoms with Crippen LogP contribution in [-0.4, -0.2) is 52.2 Å². The van der Waals surface area contributed by atoms with E-state index < -0.39 is 10.0 Å². The zero-order valence-electron chi connectivity index (χ0n) is 16.1. The molecule has 0 aromatic heterocycles. The Kier molecular flexibility index (Phi) is 6.18. The number of hydrogen-bond acceptors (Lipinski definition) is 3. The van der Waals surface area contributed by atoms with Gasteiger partial charge in [-0.3, -0.25) is 9.30 Å². The van der Waals surface area contributed by atoms with E-state index in [1.807, 2.05) is 42.3 Å². The first-order chi connectivity index (χ1) is 13.4. The average Bonchev–Trinajstić information content (AvgIpc) is 3.10. The molecule has 3 rings (SSSR count). The number of guanidine groups is 1. The Morgan fingerprint density at radius 3 is 2.79 bits per heavy atom. The van der Waals surface area contributed by atoms with Gasteiger partial charge >= 0.3 is 0 Å². The number of para-hydroxylation sites is 1. The van der Waals surface area contributed by atoms with Crippen LogP contribution in [0, 0.1) is 5.82 Å². The number of fused-ring (bicyclic) bond motifs is 1. The molecule has 150 valence electrons. The lowest BCUT2D eigenvalue weighted by Crippen LogP contribution is -2.42. The molecule has 0 radical (unpaired) electrons. The fourth-order valence-corrected chi connectivity index (χ4v) is 4.80. The van der Waals surface area contributed by atoms with E-state index in [0.717, 1.165) is 23.2 Å². The fraction of sp³-hybridized carbons (Fsp3) is 0.350. The van der Waals surface area contributed by atoms with Crippen LogP contribution in [0.3, 0.4) is 0 Å². The lowest BCUT2D eigenvalue weighted by atomic mass is 10.2. The van der Waals surface area contributed by atoms with Crippen LogP contribution in [-0.2, 0) is 23.0 Å². The minimum absolute atomic E-state index is 0.0336. The summed E-state index contributed by atoms with van der Waals surface area (Å²) in [6, 6.07) is 14.0. The summed E-state index contributed by atoms with van der Waals surface area (Å²) in [5, 5.41) is 3.08. The van der Waals surface area contributed by atoms with E-state index in [1.54, 1.807) is 13.1 Å². The lowest BCUT2D eigenvalue weighted by Gasteiger charge is -2.23. The van der Waals surface area contributed by atoms with E-state index >= 15 is 0 Å². The van der Waals surface area contributed by atoms with Crippen LogP contribution < -0.4 is 9.62 Å². The first-order valence-corrected chi connectivity index (χ1v) is 10.8. The third kappa shape index (κ3) is 4.62. The third-order valence-electron chi connectivity index (χ3n) is 4.71. The molecule has 0 unspecified atom stereocenters. The second kappa shape index (κ2) is 8.60. The van der Waals surface area contributed by atoms with E-state index in [9.17, 15) is 12.8 Å². The average molecular weight is 405 g/mol. The second-order valence-corrected chi connectivity index (χ2v) is 8.74. The first-order valence-electron chi connectivity index (χ1n) is 9.15. The van der Waals surface area contributed by atoms with E-state index in [2.05, 4.69) is 10.3 Å². The maximum absolute atomic E-state index is 13.4. The van der Waals surface area contributed by atoms with Gasteiger partial charge in [0.2, 0.25) is 10.0 Å². The Morgan fingerprint density at radius 2 is 2.04 bits per heavy atom. The molecule has 28 heavy (non-hydrogen) atoms. The molecule has 0 bridgehead atoms. The Labute approximate surface area is 165 Å². The molecule has 1 aliphatic heterocycles. The molecule has 0 saturated heterocycles. The van der Waals surface area contributed by atoms with Gasteiger partial charge in [-0.1, -0.05) is 30.3 Å². The van der Waals surface area contributed by atoms with E-state index in [4.69, 9.17) is 0 Å². The smallest absolute Gasteiger partial charge is 0.236 e. The van der Waals surface area contributed by atoms with E-state index in [0.29, 0.717) is 19.0 Å². The van der Waals surface area contributed by atoms with Crippen LogP contribution in [0.25, 0.3) is 0 Å². The summed E-state index contributed by atoms with van der Waals surface area (Å²) < 4.78 is 40.4. The highest BCUT2D eigenvalue weighted by atomic mass is 32.2. The summed E-state index contributed by atoms with van der Waals surface area (Å²) in [7, 11) is 0.0396. The van der Waals surface area contributed by atoms with E-state index in [-0.39, 0.29) is 18.1 Å². The van der Waals surface area contributed by atoms with Crippen LogP contribution in [0.4, 0.5) is 10.1 Å². The van der Waals surface area contributed by atoms with Gasteiger partial charge in [0.05, 0.1) is 11.4 Å². The number of benzene rings is 2. The highest BCUT2D eigenvalue weighted by Crippen LogP contribution is 2.29. The van der Waals surface area contributed by atoms with Crippen LogP contribution in [0.15, 0.2) is 53.5 Å². The number of nitrogens with zero attached hydrogens (tertiary/aromatic N) is 3. The van der Waals surface area contributed by atoms with Crippen molar-refractivity contribution in [3.05, 3.63) is 65.5 Å². The molecule has 2 aromatic carbocycles. The minimum atomic E-state index is -3.42. The van der Waals surface area contributed by atoms with Gasteiger partial charge in [0.1, 0.15) is 5.82 Å². The molecule has 1 heterocycles. The van der Waals surface area contributed by atoms with Gasteiger partial charge < -0.3 is 10.2 Å². The zero-order chi connectivity index (χ0) is 20.1. The summed E-state index contributed by atoms with van der Waals surface area (Å²) in [4.78, 5) is 6.01. The van der Waals surface area contributed by atoms with Crippen LogP contribution >= 0.6 is 0 Å². The molecule has 0 spiro atoms. The van der Waals surface area contributed by atoms with Gasteiger partial charge in [0, 0.05) is 33.7 Å². The molecule has 8 heteroatoms. The number of aliphatic imine (C=N–C) groups is 1. The zero-order valence-corrected chi connectivity index (χ0v) is 16.9. The van der Waals surface area contributed by atoms with Crippen molar-refractivity contribution in [3.63, 3.8) is 0 Å².